The molecule has 0 aliphatic carbocycles. The number of hydrogen-bond acceptors (Lipinski definition) is 2. The molecule has 0 spiro atoms. The summed E-state index contributed by atoms with van der Waals surface area (Å²) in [6.07, 6.45) is 8.86. The first-order valence-electron chi connectivity index (χ1n) is 7.39. The Hall–Kier alpha value is -1.12. The van der Waals surface area contributed by atoms with Crippen molar-refractivity contribution < 1.29 is 4.74 Å². The van der Waals surface area contributed by atoms with Gasteiger partial charge in [-0.3, -0.25) is 0 Å². The standard InChI is InChI=1S/C17H25NO/c1-2-3-4-5-6-11-16(18)17-15-10-8-7-9-14(15)12-13-19-17/h2,7-10,16-17H,1,3-6,11-13,18H2. The van der Waals surface area contributed by atoms with Crippen LogP contribution in [0.15, 0.2) is 36.9 Å². The summed E-state index contributed by atoms with van der Waals surface area (Å²) in [5.41, 5.74) is 9.03. The van der Waals surface area contributed by atoms with E-state index >= 15 is 0 Å². The highest BCUT2D eigenvalue weighted by Crippen LogP contribution is 2.30. The molecule has 0 aromatic heterocycles. The van der Waals surface area contributed by atoms with Crippen LogP contribution in [0.1, 0.15) is 49.3 Å². The average molecular weight is 259 g/mol. The molecule has 0 saturated heterocycles. The predicted molar refractivity (Wildman–Crippen MR) is 80.1 cm³/mol. The summed E-state index contributed by atoms with van der Waals surface area (Å²) in [7, 11) is 0. The predicted octanol–water partition coefficient (Wildman–Crippen LogP) is 3.76. The van der Waals surface area contributed by atoms with Gasteiger partial charge < -0.3 is 10.5 Å². The zero-order valence-corrected chi connectivity index (χ0v) is 11.7. The molecule has 0 amide bonds. The van der Waals surface area contributed by atoms with Crippen molar-refractivity contribution in [1.82, 2.24) is 0 Å². The van der Waals surface area contributed by atoms with Crippen LogP contribution in [0.5, 0.6) is 0 Å². The highest BCUT2D eigenvalue weighted by Gasteiger charge is 2.25. The molecule has 1 aliphatic rings. The molecular weight excluding hydrogens is 234 g/mol. The molecule has 0 fully saturated rings. The van der Waals surface area contributed by atoms with Crippen molar-refractivity contribution >= 4 is 0 Å². The quantitative estimate of drug-likeness (QED) is 0.597. The van der Waals surface area contributed by atoms with Crippen LogP contribution >= 0.6 is 0 Å². The zero-order valence-electron chi connectivity index (χ0n) is 11.7. The van der Waals surface area contributed by atoms with Crippen molar-refractivity contribution in [3.63, 3.8) is 0 Å². The van der Waals surface area contributed by atoms with Gasteiger partial charge in [-0.15, -0.1) is 6.58 Å². The average Bonchev–Trinajstić information content (AvgIpc) is 2.46. The molecule has 2 rings (SSSR count). The summed E-state index contributed by atoms with van der Waals surface area (Å²) in [6, 6.07) is 8.66. The molecule has 2 nitrogen and oxygen atoms in total. The molecule has 0 saturated carbocycles. The van der Waals surface area contributed by atoms with E-state index in [-0.39, 0.29) is 12.1 Å². The zero-order chi connectivity index (χ0) is 13.5. The molecule has 0 bridgehead atoms. The number of hydrogen-bond donors (Lipinski definition) is 1. The Morgan fingerprint density at radius 1 is 1.32 bits per heavy atom. The molecule has 1 heterocycles. The van der Waals surface area contributed by atoms with Crippen LogP contribution in [0.25, 0.3) is 0 Å². The van der Waals surface area contributed by atoms with Gasteiger partial charge in [0.25, 0.3) is 0 Å². The maximum Gasteiger partial charge on any atom is 0.0978 e. The number of allylic oxidation sites excluding steroid dienone is 1. The van der Waals surface area contributed by atoms with E-state index in [1.54, 1.807) is 0 Å². The lowest BCUT2D eigenvalue weighted by Crippen LogP contribution is -2.33. The highest BCUT2D eigenvalue weighted by molar-refractivity contribution is 5.31. The van der Waals surface area contributed by atoms with E-state index in [2.05, 4.69) is 30.8 Å². The molecular formula is C17H25NO. The minimum Gasteiger partial charge on any atom is -0.372 e. The first-order chi connectivity index (χ1) is 9.33. The van der Waals surface area contributed by atoms with Crippen LogP contribution in [0, 0.1) is 0 Å². The lowest BCUT2D eigenvalue weighted by molar-refractivity contribution is 0.0222. The second kappa shape index (κ2) is 7.46. The lowest BCUT2D eigenvalue weighted by atomic mass is 9.91. The normalized spacial score (nSPS) is 19.7. The molecule has 0 radical (unpaired) electrons. The third-order valence-electron chi connectivity index (χ3n) is 3.87. The smallest absolute Gasteiger partial charge is 0.0978 e. The maximum atomic E-state index is 6.33. The second-order valence-electron chi connectivity index (χ2n) is 5.33. The summed E-state index contributed by atoms with van der Waals surface area (Å²) in [6.45, 7) is 4.54. The molecule has 1 aromatic rings. The Morgan fingerprint density at radius 2 is 2.16 bits per heavy atom. The van der Waals surface area contributed by atoms with E-state index in [0.29, 0.717) is 0 Å². The van der Waals surface area contributed by atoms with E-state index in [1.165, 1.54) is 30.4 Å². The number of rotatable bonds is 7. The van der Waals surface area contributed by atoms with Gasteiger partial charge in [0.15, 0.2) is 0 Å². The number of ether oxygens (including phenoxy) is 1. The van der Waals surface area contributed by atoms with E-state index in [0.717, 1.165) is 25.9 Å². The van der Waals surface area contributed by atoms with Gasteiger partial charge >= 0.3 is 0 Å². The number of nitrogens with two attached hydrogens (primary N) is 1. The van der Waals surface area contributed by atoms with E-state index in [9.17, 15) is 0 Å². The van der Waals surface area contributed by atoms with Crippen molar-refractivity contribution in [2.24, 2.45) is 5.73 Å². The number of fused-ring (bicyclic) bond motifs is 1. The van der Waals surface area contributed by atoms with Gasteiger partial charge in [-0.05, 0) is 36.8 Å². The van der Waals surface area contributed by atoms with Gasteiger partial charge in [0.1, 0.15) is 0 Å². The van der Waals surface area contributed by atoms with E-state index in [1.807, 2.05) is 6.08 Å². The molecule has 19 heavy (non-hydrogen) atoms. The maximum absolute atomic E-state index is 6.33. The molecule has 1 aromatic carbocycles. The second-order valence-corrected chi connectivity index (χ2v) is 5.33. The van der Waals surface area contributed by atoms with E-state index < -0.39 is 0 Å². The van der Waals surface area contributed by atoms with Crippen molar-refractivity contribution in [3.8, 4) is 0 Å². The first kappa shape index (κ1) is 14.3. The van der Waals surface area contributed by atoms with Gasteiger partial charge in [-0.1, -0.05) is 43.2 Å². The SMILES string of the molecule is C=CCCCCCC(N)C1OCCc2ccccc21. The minimum atomic E-state index is 0.0874. The Kier molecular flexibility index (Phi) is 5.62. The van der Waals surface area contributed by atoms with Crippen molar-refractivity contribution in [1.29, 1.82) is 0 Å². The van der Waals surface area contributed by atoms with Crippen LogP contribution in [-0.4, -0.2) is 12.6 Å². The van der Waals surface area contributed by atoms with Gasteiger partial charge in [0.05, 0.1) is 12.7 Å². The lowest BCUT2D eigenvalue weighted by Gasteiger charge is -2.30. The summed E-state index contributed by atoms with van der Waals surface area (Å²) in [5.74, 6) is 0. The largest absolute Gasteiger partial charge is 0.372 e. The Labute approximate surface area is 116 Å². The van der Waals surface area contributed by atoms with Crippen LogP contribution in [-0.2, 0) is 11.2 Å². The molecule has 1 aliphatic heterocycles. The fraction of sp³-hybridized carbons (Fsp3) is 0.529. The molecule has 104 valence electrons. The third-order valence-corrected chi connectivity index (χ3v) is 3.87. The van der Waals surface area contributed by atoms with Crippen molar-refractivity contribution in [2.45, 2.75) is 50.7 Å². The Morgan fingerprint density at radius 3 is 3.00 bits per heavy atom. The summed E-state index contributed by atoms with van der Waals surface area (Å²) in [5, 5.41) is 0. The Bertz CT molecular complexity index is 402. The van der Waals surface area contributed by atoms with Gasteiger partial charge in [-0.2, -0.15) is 0 Å². The number of unbranched alkanes of at least 4 members (excludes halogenated alkanes) is 3. The summed E-state index contributed by atoms with van der Waals surface area (Å²) < 4.78 is 5.90. The molecule has 2 heteroatoms. The fourth-order valence-electron chi connectivity index (χ4n) is 2.78. The summed E-state index contributed by atoms with van der Waals surface area (Å²) >= 11 is 0. The van der Waals surface area contributed by atoms with Gasteiger partial charge in [0.2, 0.25) is 0 Å². The van der Waals surface area contributed by atoms with Crippen LogP contribution < -0.4 is 5.73 Å². The van der Waals surface area contributed by atoms with Gasteiger partial charge in [-0.25, -0.2) is 0 Å². The van der Waals surface area contributed by atoms with Gasteiger partial charge in [0, 0.05) is 6.04 Å². The highest BCUT2D eigenvalue weighted by atomic mass is 16.5. The van der Waals surface area contributed by atoms with Crippen LogP contribution in [0.2, 0.25) is 0 Å². The summed E-state index contributed by atoms with van der Waals surface area (Å²) in [4.78, 5) is 0. The third kappa shape index (κ3) is 3.92. The fourth-order valence-corrected chi connectivity index (χ4v) is 2.78. The first-order valence-corrected chi connectivity index (χ1v) is 7.39. The van der Waals surface area contributed by atoms with Crippen molar-refractivity contribution in [3.05, 3.63) is 48.0 Å². The molecule has 2 unspecified atom stereocenters. The topological polar surface area (TPSA) is 35.2 Å². The number of benzene rings is 1. The van der Waals surface area contributed by atoms with Crippen LogP contribution in [0.3, 0.4) is 0 Å². The van der Waals surface area contributed by atoms with E-state index in [4.69, 9.17) is 10.5 Å². The molecule has 2 atom stereocenters. The van der Waals surface area contributed by atoms with Crippen LogP contribution in [0.4, 0.5) is 0 Å². The minimum absolute atomic E-state index is 0.0874. The van der Waals surface area contributed by atoms with Crippen molar-refractivity contribution in [2.75, 3.05) is 6.61 Å². The Balaban J connectivity index is 1.86. The molecule has 2 N–H and O–H groups in total. The monoisotopic (exact) mass is 259 g/mol.